The van der Waals surface area contributed by atoms with Crippen LogP contribution in [0.2, 0.25) is 0 Å². The molecule has 1 N–H and O–H groups in total. The van der Waals surface area contributed by atoms with E-state index in [2.05, 4.69) is 21.4 Å². The van der Waals surface area contributed by atoms with Crippen LogP contribution in [0, 0.1) is 5.82 Å². The Hall–Kier alpha value is -2.92. The number of fused-ring (bicyclic) bond motifs is 1. The van der Waals surface area contributed by atoms with E-state index >= 15 is 0 Å². The van der Waals surface area contributed by atoms with E-state index in [9.17, 15) is 4.39 Å². The van der Waals surface area contributed by atoms with Gasteiger partial charge in [-0.25, -0.2) is 14.4 Å². The number of halogens is 1. The van der Waals surface area contributed by atoms with Gasteiger partial charge in [0, 0.05) is 48.0 Å². The molecule has 2 aromatic heterocycles. The highest BCUT2D eigenvalue weighted by Crippen LogP contribution is 2.29. The topological polar surface area (TPSA) is 50.7 Å². The Morgan fingerprint density at radius 2 is 2.04 bits per heavy atom. The third kappa shape index (κ3) is 4.26. The lowest BCUT2D eigenvalue weighted by Gasteiger charge is -2.25. The average molecular weight is 360 g/mol. The summed E-state index contributed by atoms with van der Waals surface area (Å²) in [5.41, 5.74) is 4.24. The monoisotopic (exact) mass is 360 g/mol. The molecule has 0 aliphatic heterocycles. The number of benzene rings is 1. The van der Waals surface area contributed by atoms with E-state index < -0.39 is 0 Å². The van der Waals surface area contributed by atoms with E-state index in [-0.39, 0.29) is 11.9 Å². The number of pyridine rings is 1. The summed E-state index contributed by atoms with van der Waals surface area (Å²) in [6.07, 6.45) is 12.7. The lowest BCUT2D eigenvalue weighted by molar-refractivity contribution is 0.473. The molecule has 0 saturated carbocycles. The summed E-state index contributed by atoms with van der Waals surface area (Å²) < 4.78 is 12.9. The average Bonchev–Trinajstić information content (AvgIpc) is 2.73. The van der Waals surface area contributed by atoms with Crippen LogP contribution in [0.25, 0.3) is 17.5 Å². The number of nitrogens with one attached hydrogen (secondary N) is 1. The van der Waals surface area contributed by atoms with Crippen LogP contribution in [0.5, 0.6) is 0 Å². The molecule has 0 unspecified atom stereocenters. The molecule has 1 aliphatic rings. The summed E-state index contributed by atoms with van der Waals surface area (Å²) in [4.78, 5) is 13.5. The first-order valence-corrected chi connectivity index (χ1v) is 9.21. The third-order valence-corrected chi connectivity index (χ3v) is 4.76. The van der Waals surface area contributed by atoms with Crippen molar-refractivity contribution in [1.29, 1.82) is 0 Å². The Morgan fingerprint density at radius 1 is 1.15 bits per heavy atom. The van der Waals surface area contributed by atoms with Crippen LogP contribution in [0.3, 0.4) is 0 Å². The molecule has 27 heavy (non-hydrogen) atoms. The van der Waals surface area contributed by atoms with Crippen LogP contribution >= 0.6 is 0 Å². The molecule has 0 amide bonds. The van der Waals surface area contributed by atoms with Crippen molar-refractivity contribution in [2.75, 3.05) is 6.54 Å². The molecule has 4 rings (SSSR count). The lowest BCUT2D eigenvalue weighted by Crippen LogP contribution is -2.26. The molecule has 1 atom stereocenters. The van der Waals surface area contributed by atoms with Crippen molar-refractivity contribution in [1.82, 2.24) is 20.3 Å². The minimum Gasteiger partial charge on any atom is -0.306 e. The molecule has 136 valence electrons. The fourth-order valence-corrected chi connectivity index (χ4v) is 3.37. The molecule has 5 heteroatoms. The van der Waals surface area contributed by atoms with Crippen molar-refractivity contribution >= 4 is 6.08 Å². The van der Waals surface area contributed by atoms with Gasteiger partial charge in [0.2, 0.25) is 0 Å². The highest BCUT2D eigenvalue weighted by Gasteiger charge is 2.21. The van der Waals surface area contributed by atoms with Gasteiger partial charge in [-0.2, -0.15) is 0 Å². The van der Waals surface area contributed by atoms with Gasteiger partial charge in [-0.3, -0.25) is 4.98 Å². The second-order valence-corrected chi connectivity index (χ2v) is 6.64. The quantitative estimate of drug-likeness (QED) is 0.735. The van der Waals surface area contributed by atoms with Gasteiger partial charge in [0.05, 0.1) is 0 Å². The Morgan fingerprint density at radius 3 is 2.85 bits per heavy atom. The molecule has 0 bridgehead atoms. The molecular weight excluding hydrogens is 339 g/mol. The molecule has 3 aromatic rings. The van der Waals surface area contributed by atoms with Crippen LogP contribution in [0.1, 0.15) is 35.7 Å². The maximum Gasteiger partial charge on any atom is 0.160 e. The van der Waals surface area contributed by atoms with Crippen molar-refractivity contribution in [3.63, 3.8) is 0 Å². The van der Waals surface area contributed by atoms with E-state index in [0.717, 1.165) is 48.5 Å². The fourth-order valence-electron chi connectivity index (χ4n) is 3.37. The van der Waals surface area contributed by atoms with Crippen LogP contribution in [-0.4, -0.2) is 21.5 Å². The van der Waals surface area contributed by atoms with Crippen LogP contribution in [0.4, 0.5) is 4.39 Å². The molecular formula is C22H21FN4. The molecule has 2 heterocycles. The smallest absolute Gasteiger partial charge is 0.160 e. The maximum absolute atomic E-state index is 12.9. The second-order valence-electron chi connectivity index (χ2n) is 6.64. The molecule has 0 spiro atoms. The predicted octanol–water partition coefficient (Wildman–Crippen LogP) is 4.36. The number of hydrogen-bond acceptors (Lipinski definition) is 4. The van der Waals surface area contributed by atoms with Gasteiger partial charge in [-0.1, -0.05) is 24.3 Å². The number of aromatic nitrogens is 3. The van der Waals surface area contributed by atoms with Crippen molar-refractivity contribution in [3.05, 3.63) is 83.7 Å². The Balaban J connectivity index is 1.43. The zero-order valence-electron chi connectivity index (χ0n) is 15.0. The summed E-state index contributed by atoms with van der Waals surface area (Å²) in [5.74, 6) is 0.522. The zero-order valence-corrected chi connectivity index (χ0v) is 15.0. The van der Waals surface area contributed by atoms with Crippen LogP contribution in [-0.2, 0) is 6.42 Å². The molecule has 1 aromatic carbocycles. The lowest BCUT2D eigenvalue weighted by atomic mass is 9.92. The van der Waals surface area contributed by atoms with Crippen LogP contribution in [0.15, 0.2) is 61.1 Å². The van der Waals surface area contributed by atoms with Crippen molar-refractivity contribution < 1.29 is 4.39 Å². The van der Waals surface area contributed by atoms with Crippen molar-refractivity contribution in [2.24, 2.45) is 0 Å². The summed E-state index contributed by atoms with van der Waals surface area (Å²) >= 11 is 0. The largest absolute Gasteiger partial charge is 0.306 e. The Bertz CT molecular complexity index is 923. The standard InChI is InChI=1S/C22H21FN4/c23-18-10-8-16(9-11-18)4-2-13-25-20-6-1-7-21-19(20)15-26-22(27-21)17-5-3-12-24-14-17/h2-5,8-12,14-15,20,25H,1,6-7,13H2/b4-2+/t20-/m1/s1. The highest BCUT2D eigenvalue weighted by molar-refractivity contribution is 5.53. The summed E-state index contributed by atoms with van der Waals surface area (Å²) in [6, 6.07) is 10.6. The third-order valence-electron chi connectivity index (χ3n) is 4.76. The van der Waals surface area contributed by atoms with E-state index in [1.165, 1.54) is 17.7 Å². The van der Waals surface area contributed by atoms with Crippen molar-refractivity contribution in [2.45, 2.75) is 25.3 Å². The van der Waals surface area contributed by atoms with Gasteiger partial charge in [0.25, 0.3) is 0 Å². The highest BCUT2D eigenvalue weighted by atomic mass is 19.1. The van der Waals surface area contributed by atoms with Gasteiger partial charge >= 0.3 is 0 Å². The SMILES string of the molecule is Fc1ccc(/C=C/CN[C@@H]2CCCc3nc(-c4cccnc4)ncc32)cc1. The van der Waals surface area contributed by atoms with Gasteiger partial charge in [0.1, 0.15) is 5.82 Å². The van der Waals surface area contributed by atoms with Crippen molar-refractivity contribution in [3.8, 4) is 11.4 Å². The number of aryl methyl sites for hydroxylation is 1. The Labute approximate surface area is 158 Å². The van der Waals surface area contributed by atoms with Gasteiger partial charge in [0.15, 0.2) is 5.82 Å². The molecule has 0 saturated heterocycles. The van der Waals surface area contributed by atoms with Gasteiger partial charge < -0.3 is 5.32 Å². The van der Waals surface area contributed by atoms with Crippen LogP contribution < -0.4 is 5.32 Å². The first-order valence-electron chi connectivity index (χ1n) is 9.21. The van der Waals surface area contributed by atoms with E-state index in [1.807, 2.05) is 24.4 Å². The fraction of sp³-hybridized carbons (Fsp3) is 0.227. The van der Waals surface area contributed by atoms with Gasteiger partial charge in [-0.05, 0) is 49.1 Å². The molecule has 1 aliphatic carbocycles. The zero-order chi connectivity index (χ0) is 18.5. The minimum absolute atomic E-state index is 0.213. The number of hydrogen-bond donors (Lipinski definition) is 1. The second kappa shape index (κ2) is 8.18. The van der Waals surface area contributed by atoms with E-state index in [1.54, 1.807) is 24.5 Å². The molecule has 0 radical (unpaired) electrons. The normalized spacial score (nSPS) is 16.4. The molecule has 0 fully saturated rings. The first kappa shape index (κ1) is 17.5. The molecule has 4 nitrogen and oxygen atoms in total. The summed E-state index contributed by atoms with van der Waals surface area (Å²) in [5, 5.41) is 3.57. The number of nitrogens with zero attached hydrogens (tertiary/aromatic N) is 3. The van der Waals surface area contributed by atoms with Gasteiger partial charge in [-0.15, -0.1) is 0 Å². The Kier molecular flexibility index (Phi) is 5.30. The maximum atomic E-state index is 12.9. The number of rotatable bonds is 5. The summed E-state index contributed by atoms with van der Waals surface area (Å²) in [6.45, 7) is 0.742. The minimum atomic E-state index is -0.213. The van der Waals surface area contributed by atoms with E-state index in [4.69, 9.17) is 4.98 Å². The predicted molar refractivity (Wildman–Crippen MR) is 104 cm³/mol. The summed E-state index contributed by atoms with van der Waals surface area (Å²) in [7, 11) is 0. The van der Waals surface area contributed by atoms with E-state index in [0.29, 0.717) is 0 Å². The first-order chi connectivity index (χ1) is 13.3.